The van der Waals surface area contributed by atoms with Crippen LogP contribution in [0.15, 0.2) is 28.8 Å². The van der Waals surface area contributed by atoms with Crippen LogP contribution in [0.3, 0.4) is 0 Å². The predicted molar refractivity (Wildman–Crippen MR) is 85.1 cm³/mol. The van der Waals surface area contributed by atoms with Gasteiger partial charge >= 0.3 is 6.01 Å². The molecule has 0 atom stereocenters. The maximum Gasteiger partial charge on any atom is 0.322 e. The second-order valence-electron chi connectivity index (χ2n) is 5.50. The summed E-state index contributed by atoms with van der Waals surface area (Å²) in [5, 5.41) is 14.5. The van der Waals surface area contributed by atoms with E-state index in [0.29, 0.717) is 11.6 Å². The molecule has 2 heterocycles. The number of carbonyl (C=O) groups is 1. The summed E-state index contributed by atoms with van der Waals surface area (Å²) in [5.74, 6) is -0.0143. The minimum Gasteiger partial charge on any atom is -0.403 e. The van der Waals surface area contributed by atoms with Crippen molar-refractivity contribution in [3.8, 4) is 11.5 Å². The maximum absolute atomic E-state index is 12.2. The molecule has 0 unspecified atom stereocenters. The van der Waals surface area contributed by atoms with Gasteiger partial charge in [0.15, 0.2) is 5.69 Å². The second-order valence-corrected chi connectivity index (χ2v) is 5.50. The molecule has 0 spiro atoms. The summed E-state index contributed by atoms with van der Waals surface area (Å²) < 4.78 is 7.10. The quantitative estimate of drug-likeness (QED) is 0.803. The van der Waals surface area contributed by atoms with Crippen LogP contribution in [0.4, 0.5) is 6.01 Å². The molecule has 1 amide bonds. The van der Waals surface area contributed by atoms with Gasteiger partial charge in [0.2, 0.25) is 5.89 Å². The highest BCUT2D eigenvalue weighted by Gasteiger charge is 2.17. The highest BCUT2D eigenvalue weighted by molar-refractivity contribution is 6.02. The molecule has 0 bridgehead atoms. The molecule has 1 N–H and O–H groups in total. The minimum absolute atomic E-state index is 0.0493. The molecule has 3 rings (SSSR count). The van der Waals surface area contributed by atoms with E-state index < -0.39 is 0 Å². The maximum atomic E-state index is 12.2. The van der Waals surface area contributed by atoms with E-state index in [4.69, 9.17) is 4.42 Å². The molecule has 0 saturated carbocycles. The Bertz CT molecular complexity index is 878. The number of benzene rings is 1. The van der Waals surface area contributed by atoms with Gasteiger partial charge in [0, 0.05) is 24.4 Å². The lowest BCUT2D eigenvalue weighted by molar-refractivity contribution is 0.101. The van der Waals surface area contributed by atoms with Crippen LogP contribution in [-0.2, 0) is 7.05 Å². The van der Waals surface area contributed by atoms with Crippen molar-refractivity contribution in [1.29, 1.82) is 0 Å². The molecule has 0 fully saturated rings. The summed E-state index contributed by atoms with van der Waals surface area (Å²) in [4.78, 5) is 12.2. The number of aromatic nitrogens is 4. The standard InChI is InChI=1S/C16H17N5O2/c1-9-5-6-12(7-10(9)2)15-18-19-16(23-15)17-14(22)13-11(3)8-21(4)20-13/h5-8H,1-4H3,(H,17,19,22). The van der Waals surface area contributed by atoms with Gasteiger partial charge in [0.05, 0.1) is 0 Å². The number of aryl methyl sites for hydroxylation is 4. The first-order valence-electron chi connectivity index (χ1n) is 7.17. The molecule has 0 saturated heterocycles. The molecule has 7 nitrogen and oxygen atoms in total. The molecular weight excluding hydrogens is 294 g/mol. The lowest BCUT2D eigenvalue weighted by atomic mass is 10.1. The van der Waals surface area contributed by atoms with E-state index in [2.05, 4.69) is 20.6 Å². The first kappa shape index (κ1) is 15.0. The number of anilines is 1. The minimum atomic E-state index is -0.376. The first-order valence-corrected chi connectivity index (χ1v) is 7.17. The van der Waals surface area contributed by atoms with Crippen LogP contribution < -0.4 is 5.32 Å². The number of rotatable bonds is 3. The molecule has 0 aliphatic heterocycles. The number of nitrogens with zero attached hydrogens (tertiary/aromatic N) is 4. The fourth-order valence-electron chi connectivity index (χ4n) is 2.25. The van der Waals surface area contributed by atoms with Crippen molar-refractivity contribution in [2.75, 3.05) is 5.32 Å². The summed E-state index contributed by atoms with van der Waals surface area (Å²) >= 11 is 0. The fourth-order valence-corrected chi connectivity index (χ4v) is 2.25. The molecule has 1 aromatic carbocycles. The van der Waals surface area contributed by atoms with Gasteiger partial charge in [-0.2, -0.15) is 5.10 Å². The van der Waals surface area contributed by atoms with Gasteiger partial charge in [0.1, 0.15) is 0 Å². The summed E-state index contributed by atoms with van der Waals surface area (Å²) in [6, 6.07) is 5.92. The van der Waals surface area contributed by atoms with Crippen LogP contribution in [0.5, 0.6) is 0 Å². The Morgan fingerprint density at radius 3 is 2.57 bits per heavy atom. The Morgan fingerprint density at radius 1 is 1.13 bits per heavy atom. The first-order chi connectivity index (χ1) is 10.9. The van der Waals surface area contributed by atoms with E-state index in [1.807, 2.05) is 39.0 Å². The summed E-state index contributed by atoms with van der Waals surface area (Å²) in [7, 11) is 1.76. The predicted octanol–water partition coefficient (Wildman–Crippen LogP) is 2.65. The van der Waals surface area contributed by atoms with Crippen molar-refractivity contribution in [1.82, 2.24) is 20.0 Å². The lowest BCUT2D eigenvalue weighted by Gasteiger charge is -2.01. The van der Waals surface area contributed by atoms with E-state index in [0.717, 1.165) is 16.7 Å². The summed E-state index contributed by atoms with van der Waals surface area (Å²) in [5.41, 5.74) is 4.25. The van der Waals surface area contributed by atoms with Gasteiger partial charge in [-0.25, -0.2) is 0 Å². The van der Waals surface area contributed by atoms with E-state index >= 15 is 0 Å². The molecule has 3 aromatic rings. The Balaban J connectivity index is 1.80. The van der Waals surface area contributed by atoms with Gasteiger partial charge in [-0.3, -0.25) is 14.8 Å². The normalized spacial score (nSPS) is 10.8. The number of carbonyl (C=O) groups excluding carboxylic acids is 1. The van der Waals surface area contributed by atoms with E-state index in [1.54, 1.807) is 17.9 Å². The zero-order chi connectivity index (χ0) is 16.6. The average Bonchev–Trinajstić information content (AvgIpc) is 3.08. The Morgan fingerprint density at radius 2 is 1.91 bits per heavy atom. The summed E-state index contributed by atoms with van der Waals surface area (Å²) in [6.07, 6.45) is 1.77. The van der Waals surface area contributed by atoms with Crippen LogP contribution in [0, 0.1) is 20.8 Å². The van der Waals surface area contributed by atoms with Crippen molar-refractivity contribution in [2.45, 2.75) is 20.8 Å². The molecule has 0 aliphatic rings. The lowest BCUT2D eigenvalue weighted by Crippen LogP contribution is -2.14. The van der Waals surface area contributed by atoms with Crippen molar-refractivity contribution in [2.24, 2.45) is 7.05 Å². The molecule has 2 aromatic heterocycles. The van der Waals surface area contributed by atoms with Crippen molar-refractivity contribution in [3.05, 3.63) is 46.8 Å². The van der Waals surface area contributed by atoms with E-state index in [9.17, 15) is 4.79 Å². The van der Waals surface area contributed by atoms with Crippen LogP contribution in [0.25, 0.3) is 11.5 Å². The zero-order valence-electron chi connectivity index (χ0n) is 13.4. The molecule has 118 valence electrons. The van der Waals surface area contributed by atoms with Crippen LogP contribution >= 0.6 is 0 Å². The van der Waals surface area contributed by atoms with Crippen LogP contribution in [0.2, 0.25) is 0 Å². The van der Waals surface area contributed by atoms with Gasteiger partial charge in [0.25, 0.3) is 5.91 Å². The molecule has 7 heteroatoms. The number of nitrogens with one attached hydrogen (secondary N) is 1. The van der Waals surface area contributed by atoms with Crippen molar-refractivity contribution >= 4 is 11.9 Å². The van der Waals surface area contributed by atoms with Gasteiger partial charge in [-0.05, 0) is 44.0 Å². The van der Waals surface area contributed by atoms with E-state index in [1.165, 1.54) is 5.56 Å². The smallest absolute Gasteiger partial charge is 0.322 e. The monoisotopic (exact) mass is 311 g/mol. The van der Waals surface area contributed by atoms with Gasteiger partial charge < -0.3 is 4.42 Å². The molecule has 0 aliphatic carbocycles. The number of amides is 1. The van der Waals surface area contributed by atoms with Crippen LogP contribution in [-0.4, -0.2) is 25.9 Å². The highest BCUT2D eigenvalue weighted by Crippen LogP contribution is 2.22. The van der Waals surface area contributed by atoms with Crippen molar-refractivity contribution < 1.29 is 9.21 Å². The number of hydrogen-bond acceptors (Lipinski definition) is 5. The highest BCUT2D eigenvalue weighted by atomic mass is 16.4. The topological polar surface area (TPSA) is 85.8 Å². The zero-order valence-corrected chi connectivity index (χ0v) is 13.4. The molecular formula is C16H17N5O2. The third-order valence-corrected chi connectivity index (χ3v) is 3.63. The molecule has 0 radical (unpaired) electrons. The average molecular weight is 311 g/mol. The third-order valence-electron chi connectivity index (χ3n) is 3.63. The van der Waals surface area contributed by atoms with Gasteiger partial charge in [-0.15, -0.1) is 5.10 Å². The third kappa shape index (κ3) is 2.98. The second kappa shape index (κ2) is 5.68. The summed E-state index contributed by atoms with van der Waals surface area (Å²) in [6.45, 7) is 5.87. The largest absolute Gasteiger partial charge is 0.403 e. The SMILES string of the molecule is Cc1ccc(-c2nnc(NC(=O)c3nn(C)cc3C)o2)cc1C. The fraction of sp³-hybridized carbons (Fsp3) is 0.250. The van der Waals surface area contributed by atoms with Crippen molar-refractivity contribution in [3.63, 3.8) is 0 Å². The van der Waals surface area contributed by atoms with E-state index in [-0.39, 0.29) is 11.9 Å². The Labute approximate surface area is 133 Å². The van der Waals surface area contributed by atoms with Crippen LogP contribution in [0.1, 0.15) is 27.2 Å². The molecule has 23 heavy (non-hydrogen) atoms. The Kier molecular flexibility index (Phi) is 3.69. The van der Waals surface area contributed by atoms with Gasteiger partial charge in [-0.1, -0.05) is 11.2 Å². The Hall–Kier alpha value is -2.96. The number of hydrogen-bond donors (Lipinski definition) is 1.